The molecule has 1 saturated carbocycles. The Bertz CT molecular complexity index is 873. The maximum absolute atomic E-state index is 11.4. The highest BCUT2D eigenvalue weighted by Crippen LogP contribution is 2.50. The van der Waals surface area contributed by atoms with Gasteiger partial charge in [-0.25, -0.2) is 0 Å². The predicted molar refractivity (Wildman–Crippen MR) is 109 cm³/mol. The molecule has 2 heterocycles. The Balaban J connectivity index is 1.53. The number of fused-ring (bicyclic) bond motifs is 2. The van der Waals surface area contributed by atoms with Crippen LogP contribution in [0.1, 0.15) is 49.3 Å². The highest BCUT2D eigenvalue weighted by molar-refractivity contribution is 6.31. The molecule has 2 aliphatic heterocycles. The zero-order valence-corrected chi connectivity index (χ0v) is 16.7. The van der Waals surface area contributed by atoms with Crippen molar-refractivity contribution in [3.05, 3.63) is 58.6 Å². The third-order valence-electron chi connectivity index (χ3n) is 6.74. The number of piperidine rings is 1. The summed E-state index contributed by atoms with van der Waals surface area (Å²) in [5.41, 5.74) is 1.76. The van der Waals surface area contributed by atoms with Crippen LogP contribution in [0, 0.1) is 5.92 Å². The first-order chi connectivity index (χ1) is 13.6. The largest absolute Gasteiger partial charge is 0.454 e. The van der Waals surface area contributed by atoms with Crippen LogP contribution in [-0.4, -0.2) is 28.9 Å². The average Bonchev–Trinajstić information content (AvgIpc) is 3.17. The Morgan fingerprint density at radius 3 is 2.82 bits per heavy atom. The number of rotatable bonds is 3. The third kappa shape index (κ3) is 3.18. The molecule has 1 aliphatic carbocycles. The predicted octanol–water partition coefficient (Wildman–Crippen LogP) is 4.94. The number of aliphatic hydroxyl groups is 1. The van der Waals surface area contributed by atoms with Gasteiger partial charge in [-0.1, -0.05) is 48.7 Å². The lowest BCUT2D eigenvalue weighted by Crippen LogP contribution is -2.54. The summed E-state index contributed by atoms with van der Waals surface area (Å²) in [4.78, 5) is 2.49. The molecular formula is C23H26ClNO3. The van der Waals surface area contributed by atoms with E-state index in [2.05, 4.69) is 23.1 Å². The van der Waals surface area contributed by atoms with Crippen LogP contribution in [0.5, 0.6) is 11.5 Å². The summed E-state index contributed by atoms with van der Waals surface area (Å²) < 4.78 is 11.1. The number of nitrogens with zero attached hydrogens (tertiary/aromatic N) is 1. The van der Waals surface area contributed by atoms with Crippen molar-refractivity contribution in [2.45, 2.75) is 50.3 Å². The molecule has 0 unspecified atom stereocenters. The molecule has 28 heavy (non-hydrogen) atoms. The number of ether oxygens (including phenoxy) is 2. The van der Waals surface area contributed by atoms with Crippen LogP contribution in [0.25, 0.3) is 0 Å². The smallest absolute Gasteiger partial charge is 0.231 e. The Morgan fingerprint density at radius 1 is 1.07 bits per heavy atom. The lowest BCUT2D eigenvalue weighted by molar-refractivity contribution is -0.126. The standard InChI is InChI=1S/C23H26ClNO3/c24-19-7-2-1-5-17(19)14-25-12-11-23(26)10-4-3-6-18(23)22(25)16-8-9-20-21(13-16)28-15-27-20/h1-2,5,7-9,13,18,22,26H,3-4,6,10-12,14-15H2/t18-,22-,23+/m1/s1. The molecule has 3 aliphatic rings. The molecule has 4 nitrogen and oxygen atoms in total. The number of hydrogen-bond donors (Lipinski definition) is 1. The molecule has 1 saturated heterocycles. The lowest BCUT2D eigenvalue weighted by Gasteiger charge is -2.53. The van der Waals surface area contributed by atoms with Crippen LogP contribution < -0.4 is 9.47 Å². The summed E-state index contributed by atoms with van der Waals surface area (Å²) in [7, 11) is 0. The van der Waals surface area contributed by atoms with Crippen molar-refractivity contribution >= 4 is 11.6 Å². The van der Waals surface area contributed by atoms with Gasteiger partial charge in [0.05, 0.1) is 5.60 Å². The maximum Gasteiger partial charge on any atom is 0.231 e. The van der Waals surface area contributed by atoms with Crippen molar-refractivity contribution in [2.24, 2.45) is 5.92 Å². The highest BCUT2D eigenvalue weighted by atomic mass is 35.5. The minimum absolute atomic E-state index is 0.143. The van der Waals surface area contributed by atoms with E-state index in [1.165, 1.54) is 12.0 Å². The third-order valence-corrected chi connectivity index (χ3v) is 7.11. The van der Waals surface area contributed by atoms with E-state index in [1.807, 2.05) is 24.3 Å². The first-order valence-electron chi connectivity index (χ1n) is 10.2. The normalized spacial score (nSPS) is 29.5. The second-order valence-electron chi connectivity index (χ2n) is 8.33. The summed E-state index contributed by atoms with van der Waals surface area (Å²) in [6.07, 6.45) is 5.07. The van der Waals surface area contributed by atoms with Gasteiger partial charge in [0.25, 0.3) is 0 Å². The van der Waals surface area contributed by atoms with Crippen LogP contribution in [0.15, 0.2) is 42.5 Å². The summed E-state index contributed by atoms with van der Waals surface area (Å²) in [5.74, 6) is 1.83. The van der Waals surface area contributed by atoms with E-state index in [-0.39, 0.29) is 18.8 Å². The Hall–Kier alpha value is -1.75. The number of benzene rings is 2. The van der Waals surface area contributed by atoms with Crippen LogP contribution in [0.4, 0.5) is 0 Å². The van der Waals surface area contributed by atoms with Crippen molar-refractivity contribution < 1.29 is 14.6 Å². The molecule has 0 radical (unpaired) electrons. The van der Waals surface area contributed by atoms with Crippen molar-refractivity contribution in [1.29, 1.82) is 0 Å². The minimum Gasteiger partial charge on any atom is -0.454 e. The van der Waals surface area contributed by atoms with Gasteiger partial charge in [0.2, 0.25) is 6.79 Å². The molecule has 1 N–H and O–H groups in total. The Labute approximate surface area is 171 Å². The molecule has 148 valence electrons. The Morgan fingerprint density at radius 2 is 1.93 bits per heavy atom. The van der Waals surface area contributed by atoms with E-state index in [0.717, 1.165) is 60.9 Å². The van der Waals surface area contributed by atoms with Gasteiger partial charge in [0.15, 0.2) is 11.5 Å². The van der Waals surface area contributed by atoms with Crippen LogP contribution >= 0.6 is 11.6 Å². The topological polar surface area (TPSA) is 41.9 Å². The molecule has 0 bridgehead atoms. The van der Waals surface area contributed by atoms with Crippen molar-refractivity contribution in [3.8, 4) is 11.5 Å². The fourth-order valence-corrected chi connectivity index (χ4v) is 5.50. The van der Waals surface area contributed by atoms with Crippen molar-refractivity contribution in [2.75, 3.05) is 13.3 Å². The molecule has 2 aromatic carbocycles. The fourth-order valence-electron chi connectivity index (χ4n) is 5.31. The summed E-state index contributed by atoms with van der Waals surface area (Å²) >= 11 is 6.47. The zero-order valence-electron chi connectivity index (χ0n) is 15.9. The van der Waals surface area contributed by atoms with Crippen LogP contribution in [0.3, 0.4) is 0 Å². The zero-order chi connectivity index (χ0) is 19.1. The number of halogens is 1. The molecule has 5 rings (SSSR count). The van der Waals surface area contributed by atoms with E-state index < -0.39 is 5.60 Å². The summed E-state index contributed by atoms with van der Waals surface area (Å²) in [5, 5.41) is 12.2. The van der Waals surface area contributed by atoms with Crippen molar-refractivity contribution in [3.63, 3.8) is 0 Å². The lowest BCUT2D eigenvalue weighted by atomic mass is 9.66. The molecule has 5 heteroatoms. The molecule has 0 amide bonds. The van der Waals surface area contributed by atoms with Gasteiger partial charge in [0, 0.05) is 30.1 Å². The molecular weight excluding hydrogens is 374 g/mol. The number of hydrogen-bond acceptors (Lipinski definition) is 4. The molecule has 3 atom stereocenters. The average molecular weight is 400 g/mol. The van der Waals surface area contributed by atoms with Gasteiger partial charge in [-0.2, -0.15) is 0 Å². The molecule has 2 aromatic rings. The van der Waals surface area contributed by atoms with E-state index in [0.29, 0.717) is 0 Å². The van der Waals surface area contributed by atoms with Gasteiger partial charge in [-0.05, 0) is 48.6 Å². The van der Waals surface area contributed by atoms with E-state index in [1.54, 1.807) is 0 Å². The van der Waals surface area contributed by atoms with Gasteiger partial charge >= 0.3 is 0 Å². The van der Waals surface area contributed by atoms with Crippen molar-refractivity contribution in [1.82, 2.24) is 4.90 Å². The quantitative estimate of drug-likeness (QED) is 0.794. The van der Waals surface area contributed by atoms with Gasteiger partial charge in [-0.15, -0.1) is 0 Å². The van der Waals surface area contributed by atoms with Crippen LogP contribution in [-0.2, 0) is 6.54 Å². The summed E-state index contributed by atoms with van der Waals surface area (Å²) in [6.45, 7) is 1.92. The Kier molecular flexibility index (Phi) is 4.74. The molecule has 0 spiro atoms. The first-order valence-corrected chi connectivity index (χ1v) is 10.6. The maximum atomic E-state index is 11.4. The van der Waals surface area contributed by atoms with Gasteiger partial charge in [-0.3, -0.25) is 4.90 Å². The highest BCUT2D eigenvalue weighted by Gasteiger charge is 2.49. The second-order valence-corrected chi connectivity index (χ2v) is 8.73. The van der Waals surface area contributed by atoms with E-state index in [4.69, 9.17) is 21.1 Å². The van der Waals surface area contributed by atoms with Gasteiger partial charge in [0.1, 0.15) is 0 Å². The van der Waals surface area contributed by atoms with Gasteiger partial charge < -0.3 is 14.6 Å². The summed E-state index contributed by atoms with van der Waals surface area (Å²) in [6, 6.07) is 14.4. The van der Waals surface area contributed by atoms with E-state index in [9.17, 15) is 5.11 Å². The molecule has 0 aromatic heterocycles. The second kappa shape index (κ2) is 7.25. The first kappa shape index (κ1) is 18.3. The monoisotopic (exact) mass is 399 g/mol. The van der Waals surface area contributed by atoms with E-state index >= 15 is 0 Å². The fraction of sp³-hybridized carbons (Fsp3) is 0.478. The van der Waals surface area contributed by atoms with Crippen LogP contribution in [0.2, 0.25) is 5.02 Å². The number of likely N-dealkylation sites (tertiary alicyclic amines) is 1. The minimum atomic E-state index is -0.573. The molecule has 2 fully saturated rings. The SMILES string of the molecule is O[C@]12CCCC[C@@H]1[C@@H](c1ccc3c(c1)OCO3)N(Cc1ccccc1Cl)CC2.